The van der Waals surface area contributed by atoms with Crippen LogP contribution in [0, 0.1) is 6.92 Å². The maximum Gasteiger partial charge on any atom is 0.253 e. The Morgan fingerprint density at radius 1 is 1.19 bits per heavy atom. The minimum Gasteiger partial charge on any atom is -0.374 e. The Hall–Kier alpha value is -3.10. The average Bonchev–Trinajstić information content (AvgIpc) is 2.88. The molecule has 0 bridgehead atoms. The molecule has 0 spiro atoms. The van der Waals surface area contributed by atoms with Crippen LogP contribution in [0.25, 0.3) is 0 Å². The number of morpholine rings is 1. The van der Waals surface area contributed by atoms with Crippen LogP contribution in [0.3, 0.4) is 0 Å². The predicted octanol–water partition coefficient (Wildman–Crippen LogP) is 4.83. The summed E-state index contributed by atoms with van der Waals surface area (Å²) < 4.78 is 13.8. The molecule has 1 aromatic heterocycles. The van der Waals surface area contributed by atoms with Gasteiger partial charge in [0.2, 0.25) is 0 Å². The van der Waals surface area contributed by atoms with Gasteiger partial charge in [-0.05, 0) is 37.2 Å². The van der Waals surface area contributed by atoms with Gasteiger partial charge in [-0.3, -0.25) is 15.2 Å². The van der Waals surface area contributed by atoms with E-state index in [0.717, 1.165) is 35.6 Å². The second-order valence-corrected chi connectivity index (χ2v) is 9.33. The molecule has 1 N–H and O–H groups in total. The van der Waals surface area contributed by atoms with Crippen molar-refractivity contribution in [3.63, 3.8) is 0 Å². The molecule has 0 saturated carbocycles. The van der Waals surface area contributed by atoms with Gasteiger partial charge in [0.05, 0.1) is 54.6 Å². The lowest BCUT2D eigenvalue weighted by atomic mass is 10.1. The highest BCUT2D eigenvalue weighted by molar-refractivity contribution is 6.33. The Morgan fingerprint density at radius 2 is 1.94 bits per heavy atom. The van der Waals surface area contributed by atoms with Gasteiger partial charge in [-0.1, -0.05) is 60.6 Å². The van der Waals surface area contributed by atoms with E-state index in [4.69, 9.17) is 21.1 Å². The van der Waals surface area contributed by atoms with Crippen LogP contribution >= 0.6 is 11.6 Å². The summed E-state index contributed by atoms with van der Waals surface area (Å²) in [4.78, 5) is 15.6. The Morgan fingerprint density at radius 3 is 2.67 bits per heavy atom. The molecule has 0 amide bonds. The summed E-state index contributed by atoms with van der Waals surface area (Å²) in [6, 6.07) is 19.1. The van der Waals surface area contributed by atoms with Crippen LogP contribution in [0.5, 0.6) is 0 Å². The first-order chi connectivity index (χ1) is 17.5. The highest BCUT2D eigenvalue weighted by atomic mass is 35.5. The number of hydrogen-bond donors (Lipinski definition) is 1. The predicted molar refractivity (Wildman–Crippen MR) is 145 cm³/mol. The van der Waals surface area contributed by atoms with Crippen LogP contribution in [0.15, 0.2) is 78.2 Å². The summed E-state index contributed by atoms with van der Waals surface area (Å²) in [5.41, 5.74) is 7.37. The van der Waals surface area contributed by atoms with Crippen LogP contribution in [0.1, 0.15) is 16.8 Å². The molecule has 7 nitrogen and oxygen atoms in total. The van der Waals surface area contributed by atoms with Crippen LogP contribution in [-0.2, 0) is 29.2 Å². The average molecular weight is 509 g/mol. The quantitative estimate of drug-likeness (QED) is 0.396. The molecule has 0 aliphatic carbocycles. The molecule has 190 valence electrons. The number of likely N-dealkylation sites (N-methyl/N-ethyl adjacent to an activating group) is 1. The van der Waals surface area contributed by atoms with E-state index < -0.39 is 0 Å². The van der Waals surface area contributed by atoms with Gasteiger partial charge in [-0.25, -0.2) is 0 Å². The Bertz CT molecular complexity index is 1230. The van der Waals surface area contributed by atoms with Crippen molar-refractivity contribution in [2.45, 2.75) is 32.8 Å². The number of pyridine rings is 1. The zero-order chi connectivity index (χ0) is 25.5. The van der Waals surface area contributed by atoms with Gasteiger partial charge in [0, 0.05) is 25.4 Å². The summed E-state index contributed by atoms with van der Waals surface area (Å²) in [7, 11) is 2.07. The second-order valence-electron chi connectivity index (χ2n) is 8.93. The molecule has 3 aromatic rings. The number of ether oxygens (including phenoxy) is 2. The van der Waals surface area contributed by atoms with Gasteiger partial charge >= 0.3 is 0 Å². The number of nitrogens with one attached hydrogen (secondary N) is 1. The topological polar surface area (TPSA) is 59.0 Å². The van der Waals surface area contributed by atoms with Crippen LogP contribution in [0.4, 0.5) is 11.4 Å². The number of halogens is 1. The summed E-state index contributed by atoms with van der Waals surface area (Å²) in [5, 5.41) is 2.28. The largest absolute Gasteiger partial charge is 0.374 e. The number of anilines is 2. The van der Waals surface area contributed by atoms with E-state index in [0.29, 0.717) is 30.5 Å². The molecule has 8 heteroatoms. The van der Waals surface area contributed by atoms with E-state index in [-0.39, 0.29) is 18.3 Å². The highest BCUT2D eigenvalue weighted by Crippen LogP contribution is 2.27. The number of para-hydroxylation sites is 1. The third-order valence-corrected chi connectivity index (χ3v) is 6.63. The number of benzene rings is 2. The maximum atomic E-state index is 13.4. The lowest BCUT2D eigenvalue weighted by Gasteiger charge is -2.31. The zero-order valence-corrected chi connectivity index (χ0v) is 21.6. The van der Waals surface area contributed by atoms with Gasteiger partial charge in [-0.2, -0.15) is 0 Å². The van der Waals surface area contributed by atoms with E-state index in [1.165, 1.54) is 0 Å². The lowest BCUT2D eigenvalue weighted by molar-refractivity contribution is -0.0290. The molecule has 2 heterocycles. The molecule has 4 rings (SSSR count). The van der Waals surface area contributed by atoms with Crippen molar-refractivity contribution in [3.8, 4) is 0 Å². The molecule has 1 aliphatic heterocycles. The van der Waals surface area contributed by atoms with Crippen LogP contribution < -0.4 is 16.0 Å². The summed E-state index contributed by atoms with van der Waals surface area (Å²) >= 11 is 6.41. The van der Waals surface area contributed by atoms with E-state index in [2.05, 4.69) is 24.0 Å². The van der Waals surface area contributed by atoms with Gasteiger partial charge in [-0.15, -0.1) is 0 Å². The molecule has 1 aliphatic rings. The lowest BCUT2D eigenvalue weighted by Crippen LogP contribution is -2.44. The van der Waals surface area contributed by atoms with Crippen molar-refractivity contribution >= 4 is 23.0 Å². The van der Waals surface area contributed by atoms with Crippen molar-refractivity contribution in [1.29, 1.82) is 0 Å². The van der Waals surface area contributed by atoms with E-state index in [1.54, 1.807) is 21.8 Å². The molecular formula is C28H33ClN4O3. The monoisotopic (exact) mass is 508 g/mol. The third kappa shape index (κ3) is 6.36. The molecule has 2 aromatic carbocycles. The van der Waals surface area contributed by atoms with E-state index >= 15 is 0 Å². The molecule has 1 unspecified atom stereocenters. The van der Waals surface area contributed by atoms with E-state index in [1.807, 2.05) is 61.5 Å². The van der Waals surface area contributed by atoms with Crippen molar-refractivity contribution in [3.05, 3.63) is 106 Å². The highest BCUT2D eigenvalue weighted by Gasteiger charge is 2.22. The number of aromatic nitrogens is 1. The molecular weight excluding hydrogens is 476 g/mol. The summed E-state index contributed by atoms with van der Waals surface area (Å²) in [5.74, 6) is 0. The fourth-order valence-corrected chi connectivity index (χ4v) is 4.53. The fraction of sp³-hybridized carbons (Fsp3) is 0.321. The van der Waals surface area contributed by atoms with Gasteiger partial charge in [0.15, 0.2) is 0 Å². The van der Waals surface area contributed by atoms with Crippen LogP contribution in [-0.4, -0.2) is 42.3 Å². The third-order valence-electron chi connectivity index (χ3n) is 6.31. The van der Waals surface area contributed by atoms with Crippen molar-refractivity contribution in [1.82, 2.24) is 9.47 Å². The standard InChI is InChI=1S/C28H33ClN4O3/c1-4-33(26-13-9-8-12-24(26)29)30-25-16-28(34)32(18-23-17-31(3)14-15-36-23)27(21(25)2)20-35-19-22-10-6-5-7-11-22/h4-13,16,23,30H,1,14-15,17-20H2,2-3H3. The molecule has 36 heavy (non-hydrogen) atoms. The van der Waals surface area contributed by atoms with Crippen molar-refractivity contribution in [2.75, 3.05) is 37.2 Å². The van der Waals surface area contributed by atoms with Gasteiger partial charge in [0.1, 0.15) is 0 Å². The van der Waals surface area contributed by atoms with Crippen molar-refractivity contribution in [2.24, 2.45) is 0 Å². The smallest absolute Gasteiger partial charge is 0.253 e. The first kappa shape index (κ1) is 26.0. The number of nitrogens with zero attached hydrogens (tertiary/aromatic N) is 3. The second kappa shape index (κ2) is 12.2. The van der Waals surface area contributed by atoms with Crippen LogP contribution in [0.2, 0.25) is 5.02 Å². The minimum absolute atomic E-state index is 0.0691. The first-order valence-electron chi connectivity index (χ1n) is 12.0. The molecule has 0 radical (unpaired) electrons. The zero-order valence-electron chi connectivity index (χ0n) is 20.8. The summed E-state index contributed by atoms with van der Waals surface area (Å²) in [6.45, 7) is 9.41. The Kier molecular flexibility index (Phi) is 8.83. The Balaban J connectivity index is 1.64. The van der Waals surface area contributed by atoms with Gasteiger partial charge < -0.3 is 18.9 Å². The first-order valence-corrected chi connectivity index (χ1v) is 12.4. The van der Waals surface area contributed by atoms with Crippen molar-refractivity contribution < 1.29 is 9.47 Å². The fourth-order valence-electron chi connectivity index (χ4n) is 4.30. The molecule has 1 atom stereocenters. The molecule has 1 fully saturated rings. The number of hydrazine groups is 1. The molecule has 1 saturated heterocycles. The SMILES string of the molecule is C=CN(Nc1cc(=O)n(CC2CN(C)CCO2)c(COCc2ccccc2)c1C)c1ccccc1Cl. The van der Waals surface area contributed by atoms with E-state index in [9.17, 15) is 4.79 Å². The minimum atomic E-state index is -0.124. The summed E-state index contributed by atoms with van der Waals surface area (Å²) in [6.07, 6.45) is 1.56. The number of hydrogen-bond acceptors (Lipinski definition) is 6. The number of rotatable bonds is 10. The normalized spacial score (nSPS) is 16.0. The van der Waals surface area contributed by atoms with Gasteiger partial charge in [0.25, 0.3) is 5.56 Å². The Labute approximate surface area is 217 Å². The maximum absolute atomic E-state index is 13.4.